The minimum atomic E-state index is -0.831. The molecule has 1 aliphatic carbocycles. The number of amides is 1. The van der Waals surface area contributed by atoms with Gasteiger partial charge in [0.2, 0.25) is 0 Å². The Kier molecular flexibility index (Phi) is 3.46. The predicted octanol–water partition coefficient (Wildman–Crippen LogP) is 1.65. The van der Waals surface area contributed by atoms with Crippen molar-refractivity contribution < 1.29 is 19.1 Å². The number of carbonyl (C=O) groups excluding carboxylic acids is 1. The molecule has 0 bridgehead atoms. The molecule has 5 heteroatoms. The lowest BCUT2D eigenvalue weighted by Crippen LogP contribution is -2.45. The number of rotatable bonds is 3. The number of carbonyl (C=O) groups is 2. The van der Waals surface area contributed by atoms with Gasteiger partial charge in [0.25, 0.3) is 5.91 Å². The second kappa shape index (κ2) is 5.03. The highest BCUT2D eigenvalue weighted by Crippen LogP contribution is 2.24. The Labute approximate surface area is 98.8 Å². The molecule has 1 aromatic heterocycles. The monoisotopic (exact) mass is 237 g/mol. The smallest absolute Gasteiger partial charge is 0.308 e. The topological polar surface area (TPSA) is 79.5 Å². The molecule has 17 heavy (non-hydrogen) atoms. The van der Waals surface area contributed by atoms with E-state index in [0.29, 0.717) is 12.0 Å². The molecule has 1 saturated carbocycles. The minimum absolute atomic E-state index is 0.267. The molecule has 2 unspecified atom stereocenters. The molecule has 2 rings (SSSR count). The molecule has 0 aliphatic heterocycles. The molecule has 5 nitrogen and oxygen atoms in total. The predicted molar refractivity (Wildman–Crippen MR) is 59.6 cm³/mol. The second-order valence-corrected chi connectivity index (χ2v) is 4.32. The van der Waals surface area contributed by atoms with Gasteiger partial charge in [-0.1, -0.05) is 12.8 Å². The molecule has 1 amide bonds. The molecule has 2 atom stereocenters. The maximum absolute atomic E-state index is 11.8. The van der Waals surface area contributed by atoms with Crippen LogP contribution in [0.4, 0.5) is 0 Å². The zero-order valence-corrected chi connectivity index (χ0v) is 9.39. The van der Waals surface area contributed by atoms with Crippen LogP contribution in [0.15, 0.2) is 23.0 Å². The first-order valence-electron chi connectivity index (χ1n) is 5.74. The largest absolute Gasteiger partial charge is 0.481 e. The molecule has 1 heterocycles. The van der Waals surface area contributed by atoms with Crippen LogP contribution in [0, 0.1) is 5.92 Å². The number of hydrogen-bond acceptors (Lipinski definition) is 3. The van der Waals surface area contributed by atoms with Gasteiger partial charge in [-0.15, -0.1) is 0 Å². The first-order chi connectivity index (χ1) is 8.18. The maximum Gasteiger partial charge on any atom is 0.308 e. The van der Waals surface area contributed by atoms with Crippen LogP contribution in [0.2, 0.25) is 0 Å². The summed E-state index contributed by atoms with van der Waals surface area (Å²) in [5.74, 6) is -1.57. The Morgan fingerprint density at radius 1 is 1.35 bits per heavy atom. The van der Waals surface area contributed by atoms with E-state index in [1.165, 1.54) is 12.5 Å². The normalized spacial score (nSPS) is 24.2. The lowest BCUT2D eigenvalue weighted by atomic mass is 9.84. The fourth-order valence-corrected chi connectivity index (χ4v) is 2.24. The van der Waals surface area contributed by atoms with E-state index in [1.54, 1.807) is 6.07 Å². The SMILES string of the molecule is O=C(NC1CCCCC1C(=O)O)c1ccoc1. The van der Waals surface area contributed by atoms with Crippen molar-refractivity contribution in [2.75, 3.05) is 0 Å². The number of carboxylic acids is 1. The lowest BCUT2D eigenvalue weighted by Gasteiger charge is -2.29. The van der Waals surface area contributed by atoms with Gasteiger partial charge >= 0.3 is 5.97 Å². The number of carboxylic acid groups (broad SMARTS) is 1. The van der Waals surface area contributed by atoms with Crippen LogP contribution in [0.25, 0.3) is 0 Å². The second-order valence-electron chi connectivity index (χ2n) is 4.32. The van der Waals surface area contributed by atoms with Crippen LogP contribution in [-0.4, -0.2) is 23.0 Å². The highest BCUT2D eigenvalue weighted by molar-refractivity contribution is 5.94. The molecule has 0 spiro atoms. The van der Waals surface area contributed by atoms with Crippen LogP contribution in [0.5, 0.6) is 0 Å². The average Bonchev–Trinajstić information content (AvgIpc) is 2.83. The van der Waals surface area contributed by atoms with Crippen molar-refractivity contribution in [3.8, 4) is 0 Å². The summed E-state index contributed by atoms with van der Waals surface area (Å²) in [6.45, 7) is 0. The summed E-state index contributed by atoms with van der Waals surface area (Å²) in [5.41, 5.74) is 0.430. The summed E-state index contributed by atoms with van der Waals surface area (Å²) in [6, 6.07) is 1.29. The van der Waals surface area contributed by atoms with E-state index in [2.05, 4.69) is 5.32 Å². The molecule has 0 aromatic carbocycles. The highest BCUT2D eigenvalue weighted by Gasteiger charge is 2.32. The molecular weight excluding hydrogens is 222 g/mol. The Hall–Kier alpha value is -1.78. The van der Waals surface area contributed by atoms with Crippen molar-refractivity contribution in [3.63, 3.8) is 0 Å². The first-order valence-corrected chi connectivity index (χ1v) is 5.74. The quantitative estimate of drug-likeness (QED) is 0.837. The first kappa shape index (κ1) is 11.7. The van der Waals surface area contributed by atoms with Gasteiger partial charge in [-0.05, 0) is 18.9 Å². The van der Waals surface area contributed by atoms with Crippen molar-refractivity contribution in [3.05, 3.63) is 24.2 Å². The van der Waals surface area contributed by atoms with Gasteiger partial charge in [-0.3, -0.25) is 9.59 Å². The third-order valence-electron chi connectivity index (χ3n) is 3.18. The van der Waals surface area contributed by atoms with Crippen molar-refractivity contribution in [2.45, 2.75) is 31.7 Å². The standard InChI is InChI=1S/C12H15NO4/c14-11(8-5-6-17-7-8)13-10-4-2-1-3-9(10)12(15)16/h5-7,9-10H,1-4H2,(H,13,14)(H,15,16). The van der Waals surface area contributed by atoms with Crippen LogP contribution >= 0.6 is 0 Å². The van der Waals surface area contributed by atoms with Gasteiger partial charge in [0.05, 0.1) is 17.7 Å². The van der Waals surface area contributed by atoms with E-state index in [9.17, 15) is 9.59 Å². The highest BCUT2D eigenvalue weighted by atomic mass is 16.4. The van der Waals surface area contributed by atoms with Gasteiger partial charge < -0.3 is 14.8 Å². The van der Waals surface area contributed by atoms with Crippen LogP contribution in [0.3, 0.4) is 0 Å². The van der Waals surface area contributed by atoms with Crippen LogP contribution < -0.4 is 5.32 Å². The van der Waals surface area contributed by atoms with Gasteiger partial charge in [0, 0.05) is 6.04 Å². The Morgan fingerprint density at radius 2 is 2.12 bits per heavy atom. The van der Waals surface area contributed by atoms with E-state index in [4.69, 9.17) is 9.52 Å². The van der Waals surface area contributed by atoms with E-state index in [0.717, 1.165) is 19.3 Å². The van der Waals surface area contributed by atoms with Gasteiger partial charge in [0.1, 0.15) is 6.26 Å². The maximum atomic E-state index is 11.8. The van der Waals surface area contributed by atoms with Crippen molar-refractivity contribution in [1.82, 2.24) is 5.32 Å². The zero-order valence-electron chi connectivity index (χ0n) is 9.39. The third kappa shape index (κ3) is 2.67. The van der Waals surface area contributed by atoms with Crippen molar-refractivity contribution in [2.24, 2.45) is 5.92 Å². The Morgan fingerprint density at radius 3 is 2.76 bits per heavy atom. The molecule has 2 N–H and O–H groups in total. The molecule has 1 fully saturated rings. The van der Waals surface area contributed by atoms with E-state index < -0.39 is 11.9 Å². The molecule has 0 saturated heterocycles. The summed E-state index contributed by atoms with van der Waals surface area (Å²) in [7, 11) is 0. The third-order valence-corrected chi connectivity index (χ3v) is 3.18. The summed E-state index contributed by atoms with van der Waals surface area (Å²) in [6.07, 6.45) is 6.00. The Bertz CT molecular complexity index is 399. The number of nitrogens with one attached hydrogen (secondary N) is 1. The average molecular weight is 237 g/mol. The lowest BCUT2D eigenvalue weighted by molar-refractivity contribution is -0.143. The minimum Gasteiger partial charge on any atom is -0.481 e. The van der Waals surface area contributed by atoms with Crippen molar-refractivity contribution in [1.29, 1.82) is 0 Å². The number of hydrogen-bond donors (Lipinski definition) is 2. The summed E-state index contributed by atoms with van der Waals surface area (Å²) in [4.78, 5) is 22.8. The number of furan rings is 1. The van der Waals surface area contributed by atoms with Crippen molar-refractivity contribution >= 4 is 11.9 Å². The Balaban J connectivity index is 2.01. The van der Waals surface area contributed by atoms with E-state index in [1.807, 2.05) is 0 Å². The number of aliphatic carboxylic acids is 1. The van der Waals surface area contributed by atoms with E-state index in [-0.39, 0.29) is 11.9 Å². The molecule has 1 aromatic rings. The van der Waals surface area contributed by atoms with E-state index >= 15 is 0 Å². The summed E-state index contributed by atoms with van der Waals surface area (Å²) < 4.78 is 4.82. The van der Waals surface area contributed by atoms with Gasteiger partial charge in [-0.25, -0.2) is 0 Å². The van der Waals surface area contributed by atoms with Crippen LogP contribution in [-0.2, 0) is 4.79 Å². The molecule has 0 radical (unpaired) electrons. The van der Waals surface area contributed by atoms with Crippen LogP contribution in [0.1, 0.15) is 36.0 Å². The van der Waals surface area contributed by atoms with Gasteiger partial charge in [0.15, 0.2) is 0 Å². The van der Waals surface area contributed by atoms with Gasteiger partial charge in [-0.2, -0.15) is 0 Å². The molecule has 92 valence electrons. The zero-order chi connectivity index (χ0) is 12.3. The summed E-state index contributed by atoms with van der Waals surface area (Å²) in [5, 5.41) is 11.9. The molecular formula is C12H15NO4. The fraction of sp³-hybridized carbons (Fsp3) is 0.500. The molecule has 1 aliphatic rings. The fourth-order valence-electron chi connectivity index (χ4n) is 2.24. The summed E-state index contributed by atoms with van der Waals surface area (Å²) >= 11 is 0.